The predicted octanol–water partition coefficient (Wildman–Crippen LogP) is 0.459. The summed E-state index contributed by atoms with van der Waals surface area (Å²) in [6, 6.07) is 8.90. The van der Waals surface area contributed by atoms with E-state index in [2.05, 4.69) is 10.3 Å². The Morgan fingerprint density at radius 1 is 1.26 bits per heavy atom. The van der Waals surface area contributed by atoms with Crippen molar-refractivity contribution in [2.24, 2.45) is 0 Å². The lowest BCUT2D eigenvalue weighted by Crippen LogP contribution is -2.54. The number of benzene rings is 1. The number of aliphatic carboxylic acids is 1. The molecule has 0 saturated heterocycles. The van der Waals surface area contributed by atoms with Crippen LogP contribution in [0.15, 0.2) is 30.3 Å². The molecule has 0 aromatic heterocycles. The molecular weight excluding hydrogens is 326 g/mol. The number of rotatable bonds is 9. The molecule has 3 N–H and O–H groups in total. The molecule has 0 bridgehead atoms. The molecule has 9 nitrogen and oxygen atoms in total. The molecule has 23 heavy (non-hydrogen) atoms. The van der Waals surface area contributed by atoms with Crippen molar-refractivity contribution in [3.63, 3.8) is 0 Å². The van der Waals surface area contributed by atoms with Crippen molar-refractivity contribution in [2.75, 3.05) is 12.3 Å². The number of ether oxygens (including phenoxy) is 1. The van der Waals surface area contributed by atoms with E-state index < -0.39 is 22.1 Å². The van der Waals surface area contributed by atoms with E-state index in [0.717, 1.165) is 10.7 Å². The van der Waals surface area contributed by atoms with E-state index in [1.54, 1.807) is 24.3 Å². The topological polar surface area (TPSA) is 125 Å². The second-order valence-electron chi connectivity index (χ2n) is 4.46. The van der Waals surface area contributed by atoms with Gasteiger partial charge in [0.05, 0.1) is 12.2 Å². The smallest absolute Gasteiger partial charge is 0.423 e. The summed E-state index contributed by atoms with van der Waals surface area (Å²) in [5.74, 6) is -1.36. The number of hydrogen-bond donors (Lipinski definition) is 3. The van der Waals surface area contributed by atoms with Gasteiger partial charge in [0.25, 0.3) is 0 Å². The zero-order valence-electron chi connectivity index (χ0n) is 12.6. The van der Waals surface area contributed by atoms with E-state index >= 15 is 0 Å². The average Bonchev–Trinajstić information content (AvgIpc) is 2.51. The predicted molar refractivity (Wildman–Crippen MR) is 81.3 cm³/mol. The quantitative estimate of drug-likeness (QED) is 0.555. The third kappa shape index (κ3) is 8.14. The summed E-state index contributed by atoms with van der Waals surface area (Å²) in [6.07, 6.45) is -1.27. The van der Waals surface area contributed by atoms with Crippen LogP contribution >= 0.6 is 0 Å². The molecular formula is C13H19N3O6S. The van der Waals surface area contributed by atoms with Gasteiger partial charge in [-0.3, -0.25) is 4.79 Å². The number of nitrogens with zero attached hydrogens (tertiary/aromatic N) is 1. The second kappa shape index (κ2) is 9.08. The van der Waals surface area contributed by atoms with E-state index in [-0.39, 0.29) is 25.3 Å². The van der Waals surface area contributed by atoms with Crippen LogP contribution in [0.3, 0.4) is 0 Å². The number of carbonyl (C=O) groups excluding carboxylic acids is 1. The van der Waals surface area contributed by atoms with Gasteiger partial charge in [0.15, 0.2) is 0 Å². The monoisotopic (exact) mass is 345 g/mol. The maximum atomic E-state index is 11.7. The van der Waals surface area contributed by atoms with Crippen LogP contribution < -0.4 is 10.3 Å². The molecule has 0 aliphatic heterocycles. The maximum absolute atomic E-state index is 11.7. The average molecular weight is 345 g/mol. The Kier molecular flexibility index (Phi) is 7.45. The molecule has 0 aliphatic rings. The van der Waals surface area contributed by atoms with Gasteiger partial charge in [-0.05, 0) is 12.5 Å². The third-order valence-corrected chi connectivity index (χ3v) is 3.88. The van der Waals surface area contributed by atoms with Crippen molar-refractivity contribution in [1.82, 2.24) is 15.4 Å². The number of hydrazine groups is 2. The Morgan fingerprint density at radius 3 is 2.48 bits per heavy atom. The van der Waals surface area contributed by atoms with Gasteiger partial charge in [0, 0.05) is 6.54 Å². The van der Waals surface area contributed by atoms with Gasteiger partial charge < -0.3 is 9.84 Å². The summed E-state index contributed by atoms with van der Waals surface area (Å²) in [5.41, 5.74) is 2.91. The number of hydrogen-bond acceptors (Lipinski definition) is 6. The van der Waals surface area contributed by atoms with Crippen molar-refractivity contribution >= 4 is 22.1 Å². The number of amides is 1. The van der Waals surface area contributed by atoms with Crippen molar-refractivity contribution in [3.05, 3.63) is 35.9 Å². The Balaban J connectivity index is 2.56. The van der Waals surface area contributed by atoms with E-state index in [1.807, 2.05) is 6.07 Å². The Morgan fingerprint density at radius 2 is 1.91 bits per heavy atom. The summed E-state index contributed by atoms with van der Waals surface area (Å²) in [4.78, 5) is 24.3. The summed E-state index contributed by atoms with van der Waals surface area (Å²) in [7, 11) is -3.67. The molecule has 0 fully saturated rings. The van der Waals surface area contributed by atoms with Crippen LogP contribution in [0.1, 0.15) is 18.9 Å². The molecule has 1 aromatic carbocycles. The summed E-state index contributed by atoms with van der Waals surface area (Å²) < 4.78 is 28.0. The largest absolute Gasteiger partial charge is 0.481 e. The number of carboxylic acid groups (broad SMARTS) is 1. The Bertz CT molecular complexity index is 620. The van der Waals surface area contributed by atoms with Gasteiger partial charge in [-0.25, -0.2) is 18.6 Å². The first-order valence-corrected chi connectivity index (χ1v) is 8.44. The molecule has 0 saturated carbocycles. The lowest BCUT2D eigenvalue weighted by atomic mass is 10.2. The molecule has 1 amide bonds. The first-order chi connectivity index (χ1) is 10.8. The molecule has 10 heteroatoms. The van der Waals surface area contributed by atoms with Crippen LogP contribution in [0.25, 0.3) is 0 Å². The Hall–Kier alpha value is -2.17. The van der Waals surface area contributed by atoms with E-state index in [0.29, 0.717) is 0 Å². The van der Waals surface area contributed by atoms with E-state index in [9.17, 15) is 18.0 Å². The molecule has 0 atom stereocenters. The molecule has 1 rings (SSSR count). The maximum Gasteiger partial charge on any atom is 0.423 e. The van der Waals surface area contributed by atoms with Crippen LogP contribution in [0.5, 0.6) is 0 Å². The van der Waals surface area contributed by atoms with Gasteiger partial charge in [0.2, 0.25) is 10.0 Å². The van der Waals surface area contributed by atoms with Crippen LogP contribution in [0, 0.1) is 0 Å². The second-order valence-corrected chi connectivity index (χ2v) is 6.45. The third-order valence-electron chi connectivity index (χ3n) is 2.62. The van der Waals surface area contributed by atoms with Gasteiger partial charge in [-0.2, -0.15) is 0 Å². The van der Waals surface area contributed by atoms with E-state index in [4.69, 9.17) is 9.84 Å². The first kappa shape index (κ1) is 18.9. The van der Waals surface area contributed by atoms with Crippen molar-refractivity contribution in [2.45, 2.75) is 20.0 Å². The highest BCUT2D eigenvalue weighted by Crippen LogP contribution is 2.00. The molecule has 0 spiro atoms. The SMILES string of the molecule is CCS(=O)(=O)NN(CCC(=O)O)NC(=O)OCc1ccccc1. The minimum Gasteiger partial charge on any atom is -0.481 e. The number of nitrogens with one attached hydrogen (secondary N) is 2. The number of carbonyl (C=O) groups is 2. The van der Waals surface area contributed by atoms with Crippen LogP contribution in [-0.2, 0) is 26.2 Å². The van der Waals surface area contributed by atoms with Gasteiger partial charge in [-0.1, -0.05) is 30.3 Å². The minimum absolute atomic E-state index is 0.0000281. The highest BCUT2D eigenvalue weighted by Gasteiger charge is 2.17. The zero-order chi connectivity index (χ0) is 17.3. The number of sulfonamides is 1. The van der Waals surface area contributed by atoms with Crippen LogP contribution in [-0.4, -0.2) is 43.0 Å². The zero-order valence-corrected chi connectivity index (χ0v) is 13.4. The first-order valence-electron chi connectivity index (χ1n) is 6.79. The van der Waals surface area contributed by atoms with Gasteiger partial charge >= 0.3 is 12.1 Å². The minimum atomic E-state index is -3.67. The lowest BCUT2D eigenvalue weighted by Gasteiger charge is -2.22. The standard InChI is InChI=1S/C13H19N3O6S/c1-2-23(20,21)15-16(9-8-12(17)18)14-13(19)22-10-11-6-4-3-5-7-11/h3-7,15H,2,8-10H2,1H3,(H,14,19)(H,17,18). The highest BCUT2D eigenvalue weighted by atomic mass is 32.2. The summed E-state index contributed by atoms with van der Waals surface area (Å²) >= 11 is 0. The van der Waals surface area contributed by atoms with Crippen LogP contribution in [0.2, 0.25) is 0 Å². The molecule has 0 radical (unpaired) electrons. The molecule has 0 unspecified atom stereocenters. The van der Waals surface area contributed by atoms with E-state index in [1.165, 1.54) is 6.92 Å². The lowest BCUT2D eigenvalue weighted by molar-refractivity contribution is -0.137. The van der Waals surface area contributed by atoms with Crippen LogP contribution in [0.4, 0.5) is 4.79 Å². The molecule has 0 aliphatic carbocycles. The fraction of sp³-hybridized carbons (Fsp3) is 0.385. The van der Waals surface area contributed by atoms with Crippen molar-refractivity contribution < 1.29 is 27.9 Å². The molecule has 1 aromatic rings. The molecule has 0 heterocycles. The fourth-order valence-corrected chi connectivity index (χ4v) is 2.03. The molecule has 128 valence electrons. The van der Waals surface area contributed by atoms with Crippen molar-refractivity contribution in [3.8, 4) is 0 Å². The summed E-state index contributed by atoms with van der Waals surface area (Å²) in [6.45, 7) is 1.15. The van der Waals surface area contributed by atoms with Gasteiger partial charge in [-0.15, -0.1) is 9.95 Å². The fourth-order valence-electron chi connectivity index (χ4n) is 1.43. The number of carboxylic acids is 1. The van der Waals surface area contributed by atoms with Crippen molar-refractivity contribution in [1.29, 1.82) is 0 Å². The Labute approximate surface area is 134 Å². The summed E-state index contributed by atoms with van der Waals surface area (Å²) in [5, 5.41) is 9.43. The van der Waals surface area contributed by atoms with Gasteiger partial charge in [0.1, 0.15) is 6.61 Å². The highest BCUT2D eigenvalue weighted by molar-refractivity contribution is 7.89. The normalized spacial score (nSPS) is 11.2.